The molecule has 9 nitrogen and oxygen atoms in total. The van der Waals surface area contributed by atoms with E-state index in [4.69, 9.17) is 21.6 Å². The molecule has 0 aliphatic carbocycles. The van der Waals surface area contributed by atoms with Crippen molar-refractivity contribution in [3.63, 3.8) is 0 Å². The number of anilines is 2. The van der Waals surface area contributed by atoms with Crippen molar-refractivity contribution in [2.45, 2.75) is 39.7 Å². The molecule has 4 aromatic rings. The third kappa shape index (κ3) is 5.58. The quantitative estimate of drug-likeness (QED) is 0.220. The number of carbonyl (C=O) groups is 1. The molecule has 4 rings (SSSR count). The number of carbonyl (C=O) groups excluding carboxylic acids is 1. The molecular formula is C25H25ClN6O3. The number of benzene rings is 2. The number of rotatable bonds is 8. The number of nitrogens with one attached hydrogen (secondary N) is 2. The van der Waals surface area contributed by atoms with Gasteiger partial charge in [0.15, 0.2) is 5.65 Å². The van der Waals surface area contributed by atoms with Gasteiger partial charge in [0, 0.05) is 28.8 Å². The van der Waals surface area contributed by atoms with E-state index in [2.05, 4.69) is 17.6 Å². The highest BCUT2D eigenvalue weighted by molar-refractivity contribution is 6.30. The smallest absolute Gasteiger partial charge is 0.308 e. The van der Waals surface area contributed by atoms with Crippen molar-refractivity contribution in [1.29, 1.82) is 0 Å². The number of nitrogens with zero attached hydrogens (tertiary/aromatic N) is 4. The zero-order chi connectivity index (χ0) is 24.9. The Hall–Kier alpha value is -3.98. The molecule has 0 saturated heterocycles. The van der Waals surface area contributed by atoms with Crippen LogP contribution in [0.4, 0.5) is 21.9 Å². The van der Waals surface area contributed by atoms with Gasteiger partial charge in [-0.2, -0.15) is 0 Å². The fraction of sp³-hybridized carbons (Fsp3) is 0.240. The second-order valence-electron chi connectivity index (χ2n) is 8.16. The molecule has 0 saturated carbocycles. The largest absolute Gasteiger partial charge is 0.323 e. The highest BCUT2D eigenvalue weighted by Gasteiger charge is 2.19. The minimum Gasteiger partial charge on any atom is -0.308 e. The van der Waals surface area contributed by atoms with Gasteiger partial charge in [-0.1, -0.05) is 49.2 Å². The van der Waals surface area contributed by atoms with Crippen molar-refractivity contribution in [3.05, 3.63) is 86.8 Å². The van der Waals surface area contributed by atoms with E-state index in [-0.39, 0.29) is 17.2 Å². The van der Waals surface area contributed by atoms with Gasteiger partial charge >= 0.3 is 6.03 Å². The normalized spacial score (nSPS) is 10.9. The van der Waals surface area contributed by atoms with Crippen molar-refractivity contribution >= 4 is 45.9 Å². The van der Waals surface area contributed by atoms with Gasteiger partial charge in [0.2, 0.25) is 0 Å². The summed E-state index contributed by atoms with van der Waals surface area (Å²) in [4.78, 5) is 33.2. The highest BCUT2D eigenvalue weighted by atomic mass is 35.5. The van der Waals surface area contributed by atoms with Gasteiger partial charge in [0.1, 0.15) is 11.3 Å². The fourth-order valence-electron chi connectivity index (χ4n) is 3.85. The van der Waals surface area contributed by atoms with Crippen molar-refractivity contribution in [3.8, 4) is 0 Å². The van der Waals surface area contributed by atoms with Crippen LogP contribution in [-0.2, 0) is 13.0 Å². The average molecular weight is 493 g/mol. The lowest BCUT2D eigenvalue weighted by Gasteiger charge is -2.11. The first-order valence-electron chi connectivity index (χ1n) is 11.3. The summed E-state index contributed by atoms with van der Waals surface area (Å²) >= 11 is 5.99. The number of imidazole rings is 1. The lowest BCUT2D eigenvalue weighted by molar-refractivity contribution is -0.385. The van der Waals surface area contributed by atoms with Gasteiger partial charge in [-0.15, -0.1) is 0 Å². The van der Waals surface area contributed by atoms with E-state index >= 15 is 0 Å². The predicted molar refractivity (Wildman–Crippen MR) is 137 cm³/mol. The first kappa shape index (κ1) is 24.2. The number of fused-ring (bicyclic) bond motifs is 1. The van der Waals surface area contributed by atoms with E-state index < -0.39 is 6.03 Å². The molecule has 0 aliphatic heterocycles. The summed E-state index contributed by atoms with van der Waals surface area (Å²) in [5.41, 5.74) is 3.56. The molecule has 0 atom stereocenters. The van der Waals surface area contributed by atoms with Crippen LogP contribution >= 0.6 is 11.6 Å². The number of aryl methyl sites for hydroxylation is 2. The number of aromatic nitrogens is 3. The zero-order valence-corrected chi connectivity index (χ0v) is 20.2. The third-order valence-corrected chi connectivity index (χ3v) is 5.83. The van der Waals surface area contributed by atoms with Gasteiger partial charge in [-0.25, -0.2) is 14.8 Å². The number of hydrogen-bond acceptors (Lipinski definition) is 5. The van der Waals surface area contributed by atoms with E-state index in [1.807, 2.05) is 4.57 Å². The minimum absolute atomic E-state index is 0.0588. The molecule has 10 heteroatoms. The molecule has 0 unspecified atom stereocenters. The summed E-state index contributed by atoms with van der Waals surface area (Å²) in [7, 11) is 0. The lowest BCUT2D eigenvalue weighted by Crippen LogP contribution is -2.20. The predicted octanol–water partition coefficient (Wildman–Crippen LogP) is 6.34. The van der Waals surface area contributed by atoms with Crippen molar-refractivity contribution in [2.24, 2.45) is 0 Å². The Morgan fingerprint density at radius 1 is 1.11 bits per heavy atom. The molecule has 35 heavy (non-hydrogen) atoms. The van der Waals surface area contributed by atoms with Crippen LogP contribution in [0.25, 0.3) is 11.2 Å². The number of hydrogen-bond donors (Lipinski definition) is 2. The topological polar surface area (TPSA) is 115 Å². The van der Waals surface area contributed by atoms with E-state index in [1.165, 1.54) is 6.07 Å². The molecule has 2 aromatic heterocycles. The second kappa shape index (κ2) is 10.5. The Morgan fingerprint density at radius 3 is 2.66 bits per heavy atom. The summed E-state index contributed by atoms with van der Waals surface area (Å²) in [6.45, 7) is 4.17. The Kier molecular flexibility index (Phi) is 7.26. The molecule has 0 bridgehead atoms. The molecule has 0 fully saturated rings. The summed E-state index contributed by atoms with van der Waals surface area (Å²) in [6.07, 6.45) is 2.62. The van der Waals surface area contributed by atoms with Gasteiger partial charge in [0.05, 0.1) is 22.8 Å². The maximum atomic E-state index is 12.6. The summed E-state index contributed by atoms with van der Waals surface area (Å²) in [5, 5.41) is 17.6. The number of unbranched alkanes of at least 4 members (excludes halogenated alkanes) is 1. The maximum Gasteiger partial charge on any atom is 0.323 e. The van der Waals surface area contributed by atoms with Crippen molar-refractivity contribution < 1.29 is 9.72 Å². The number of amides is 2. The molecule has 2 amide bonds. The van der Waals surface area contributed by atoms with Gasteiger partial charge in [0.25, 0.3) is 5.69 Å². The van der Waals surface area contributed by atoms with E-state index in [1.54, 1.807) is 55.5 Å². The standard InChI is InChI=1S/C25H25ClN6O3/c1-3-4-12-23-29-21-14-20(30-25(33)28-19-10-7-9-18(26)13-19)16(2)27-24(21)31(23)15-17-8-5-6-11-22(17)32(34)35/h5-11,13-14H,3-4,12,15H2,1-2H3,(H2,28,30,33). The minimum atomic E-state index is -0.429. The van der Waals surface area contributed by atoms with Gasteiger partial charge in [-0.05, 0) is 37.6 Å². The monoisotopic (exact) mass is 492 g/mol. The van der Waals surface area contributed by atoms with E-state index in [0.29, 0.717) is 45.2 Å². The van der Waals surface area contributed by atoms with Crippen LogP contribution in [0.2, 0.25) is 5.02 Å². The van der Waals surface area contributed by atoms with E-state index in [9.17, 15) is 14.9 Å². The van der Waals surface area contributed by atoms with Crippen LogP contribution in [-0.4, -0.2) is 25.5 Å². The summed E-state index contributed by atoms with van der Waals surface area (Å²) in [5.74, 6) is 0.799. The fourth-order valence-corrected chi connectivity index (χ4v) is 4.04. The Bertz CT molecular complexity index is 1400. The number of para-hydroxylation sites is 1. The zero-order valence-electron chi connectivity index (χ0n) is 19.4. The number of halogens is 1. The van der Waals surface area contributed by atoms with Crippen LogP contribution in [0, 0.1) is 17.0 Å². The number of nitro benzene ring substituents is 1. The van der Waals surface area contributed by atoms with Gasteiger partial charge in [-0.3, -0.25) is 10.1 Å². The molecule has 2 aromatic carbocycles. The third-order valence-electron chi connectivity index (χ3n) is 5.59. The Balaban J connectivity index is 1.67. The molecule has 0 radical (unpaired) electrons. The molecular weight excluding hydrogens is 468 g/mol. The van der Waals surface area contributed by atoms with Crippen LogP contribution in [0.3, 0.4) is 0 Å². The average Bonchev–Trinajstić information content (AvgIpc) is 3.14. The molecule has 180 valence electrons. The van der Waals surface area contributed by atoms with E-state index in [0.717, 1.165) is 18.7 Å². The van der Waals surface area contributed by atoms with Crippen LogP contribution in [0.15, 0.2) is 54.6 Å². The van der Waals surface area contributed by atoms with Crippen LogP contribution < -0.4 is 10.6 Å². The van der Waals surface area contributed by atoms with Crippen molar-refractivity contribution in [2.75, 3.05) is 10.6 Å². The molecule has 2 N–H and O–H groups in total. The van der Waals surface area contributed by atoms with Gasteiger partial charge < -0.3 is 15.2 Å². The number of pyridine rings is 1. The maximum absolute atomic E-state index is 12.6. The summed E-state index contributed by atoms with van der Waals surface area (Å²) < 4.78 is 1.93. The highest BCUT2D eigenvalue weighted by Crippen LogP contribution is 2.26. The first-order valence-corrected chi connectivity index (χ1v) is 11.7. The van der Waals surface area contributed by atoms with Crippen LogP contribution in [0.1, 0.15) is 36.8 Å². The second-order valence-corrected chi connectivity index (χ2v) is 8.59. The molecule has 2 heterocycles. The summed E-state index contributed by atoms with van der Waals surface area (Å²) in [6, 6.07) is 14.9. The molecule has 0 spiro atoms. The molecule has 0 aliphatic rings. The SMILES string of the molecule is CCCCc1nc2cc(NC(=O)Nc3cccc(Cl)c3)c(C)nc2n1Cc1ccccc1[N+](=O)[O-]. The Morgan fingerprint density at radius 2 is 1.91 bits per heavy atom. The first-order chi connectivity index (χ1) is 16.9. The Labute approximate surface area is 207 Å². The number of nitro groups is 1. The van der Waals surface area contributed by atoms with Crippen LogP contribution in [0.5, 0.6) is 0 Å². The lowest BCUT2D eigenvalue weighted by atomic mass is 10.1. The van der Waals surface area contributed by atoms with Crippen molar-refractivity contribution in [1.82, 2.24) is 14.5 Å². The number of urea groups is 1.